The van der Waals surface area contributed by atoms with Crippen molar-refractivity contribution < 1.29 is 28.0 Å². The number of rotatable bonds is 3. The number of nitrogens with zero attached hydrogens (tertiary/aromatic N) is 3. The summed E-state index contributed by atoms with van der Waals surface area (Å²) in [5.41, 5.74) is 0.687. The summed E-state index contributed by atoms with van der Waals surface area (Å²) >= 11 is 0. The molecule has 1 aromatic carbocycles. The molecule has 2 amide bonds. The van der Waals surface area contributed by atoms with E-state index in [1.807, 2.05) is 59.4 Å². The van der Waals surface area contributed by atoms with Gasteiger partial charge in [-0.15, -0.1) is 0 Å². The Labute approximate surface area is 244 Å². The molecule has 10 heteroatoms. The maximum atomic E-state index is 14.5. The number of alkyl halides is 1. The van der Waals surface area contributed by atoms with Crippen molar-refractivity contribution in [1.29, 1.82) is 0 Å². The number of halogens is 1. The molecule has 1 aliphatic carbocycles. The molecule has 1 spiro atoms. The van der Waals surface area contributed by atoms with E-state index >= 15 is 0 Å². The Kier molecular flexibility index (Phi) is 6.83. The van der Waals surface area contributed by atoms with Crippen molar-refractivity contribution in [1.82, 2.24) is 9.80 Å². The number of carbonyl (C=O) groups excluding carboxylic acids is 2. The quantitative estimate of drug-likeness (QED) is 0.509. The molecule has 0 radical (unpaired) electrons. The van der Waals surface area contributed by atoms with Gasteiger partial charge in [-0.05, 0) is 97.7 Å². The summed E-state index contributed by atoms with van der Waals surface area (Å²) in [5, 5.41) is 0. The molecule has 3 saturated heterocycles. The first-order valence-electron chi connectivity index (χ1n) is 15.3. The lowest BCUT2D eigenvalue weighted by Crippen LogP contribution is -2.57. The minimum absolute atomic E-state index is 0.0710. The molecule has 4 aliphatic heterocycles. The summed E-state index contributed by atoms with van der Waals surface area (Å²) in [7, 11) is -0.520. The van der Waals surface area contributed by atoms with Crippen molar-refractivity contribution in [2.45, 2.75) is 121 Å². The third kappa shape index (κ3) is 4.87. The third-order valence-corrected chi connectivity index (χ3v) is 10.4. The van der Waals surface area contributed by atoms with Gasteiger partial charge in [0.2, 0.25) is 5.91 Å². The van der Waals surface area contributed by atoms with Gasteiger partial charge in [-0.2, -0.15) is 0 Å². The SMILES string of the molecule is CC(C)(C)OC(=O)N1CCC2(CC1)C(=O)N(C1CC(N3CC[C@@H](F)C3)C1)c1cc(B3OC(C)(C)C(C)(C)O3)ccc12. The molecule has 0 N–H and O–H groups in total. The van der Waals surface area contributed by atoms with E-state index in [-0.39, 0.29) is 18.0 Å². The van der Waals surface area contributed by atoms with Crippen molar-refractivity contribution in [2.24, 2.45) is 0 Å². The molecule has 4 fully saturated rings. The van der Waals surface area contributed by atoms with Gasteiger partial charge in [0.25, 0.3) is 0 Å². The maximum Gasteiger partial charge on any atom is 0.494 e. The van der Waals surface area contributed by atoms with E-state index in [0.29, 0.717) is 44.9 Å². The molecule has 8 nitrogen and oxygen atoms in total. The van der Waals surface area contributed by atoms with Gasteiger partial charge in [0.1, 0.15) is 11.8 Å². The van der Waals surface area contributed by atoms with Gasteiger partial charge in [0.15, 0.2) is 0 Å². The van der Waals surface area contributed by atoms with E-state index in [4.69, 9.17) is 14.0 Å². The zero-order valence-corrected chi connectivity index (χ0v) is 25.7. The van der Waals surface area contributed by atoms with E-state index in [0.717, 1.165) is 36.1 Å². The Morgan fingerprint density at radius 3 is 2.22 bits per heavy atom. The average Bonchev–Trinajstić information content (AvgIpc) is 3.44. The minimum Gasteiger partial charge on any atom is -0.444 e. The summed E-state index contributed by atoms with van der Waals surface area (Å²) in [5.74, 6) is 0.121. The van der Waals surface area contributed by atoms with Gasteiger partial charge in [-0.1, -0.05) is 12.1 Å². The molecule has 0 bridgehead atoms. The lowest BCUT2D eigenvalue weighted by molar-refractivity contribution is -0.126. The second kappa shape index (κ2) is 9.68. The number of hydrogen-bond donors (Lipinski definition) is 0. The van der Waals surface area contributed by atoms with Crippen LogP contribution in [0.25, 0.3) is 0 Å². The van der Waals surface area contributed by atoms with Crippen LogP contribution in [0.2, 0.25) is 0 Å². The molecule has 4 heterocycles. The van der Waals surface area contributed by atoms with Crippen LogP contribution in [0.3, 0.4) is 0 Å². The second-order valence-electron chi connectivity index (χ2n) is 14.7. The lowest BCUT2D eigenvalue weighted by atomic mass is 9.71. The summed E-state index contributed by atoms with van der Waals surface area (Å²) in [6.07, 6.45) is 2.32. The van der Waals surface area contributed by atoms with E-state index in [2.05, 4.69) is 17.0 Å². The molecule has 0 unspecified atom stereocenters. The largest absolute Gasteiger partial charge is 0.494 e. The van der Waals surface area contributed by atoms with E-state index < -0.39 is 35.5 Å². The van der Waals surface area contributed by atoms with Crippen LogP contribution in [0.1, 0.15) is 86.1 Å². The molecular weight excluding hydrogens is 524 g/mol. The Morgan fingerprint density at radius 1 is 1.02 bits per heavy atom. The predicted octanol–water partition coefficient (Wildman–Crippen LogP) is 4.18. The number of ether oxygens (including phenoxy) is 1. The lowest BCUT2D eigenvalue weighted by Gasteiger charge is -2.46. The number of benzene rings is 1. The number of hydrogen-bond acceptors (Lipinski definition) is 6. The van der Waals surface area contributed by atoms with Gasteiger partial charge >= 0.3 is 13.2 Å². The predicted molar refractivity (Wildman–Crippen MR) is 156 cm³/mol. The average molecular weight is 570 g/mol. The van der Waals surface area contributed by atoms with Gasteiger partial charge < -0.3 is 23.8 Å². The molecule has 5 aliphatic rings. The number of carbonyl (C=O) groups is 2. The molecule has 1 saturated carbocycles. The molecule has 224 valence electrons. The number of amides is 2. The summed E-state index contributed by atoms with van der Waals surface area (Å²) < 4.78 is 32.2. The van der Waals surface area contributed by atoms with Crippen LogP contribution in [0, 0.1) is 0 Å². The first-order valence-corrected chi connectivity index (χ1v) is 15.3. The highest BCUT2D eigenvalue weighted by Gasteiger charge is 2.57. The zero-order chi connectivity index (χ0) is 29.5. The van der Waals surface area contributed by atoms with Crippen LogP contribution in [-0.2, 0) is 24.3 Å². The van der Waals surface area contributed by atoms with Gasteiger partial charge in [-0.25, -0.2) is 9.18 Å². The van der Waals surface area contributed by atoms with Crippen molar-refractivity contribution in [3.63, 3.8) is 0 Å². The van der Waals surface area contributed by atoms with Gasteiger partial charge in [-0.3, -0.25) is 9.69 Å². The molecule has 41 heavy (non-hydrogen) atoms. The Hall–Kier alpha value is -2.17. The summed E-state index contributed by atoms with van der Waals surface area (Å²) in [6, 6.07) is 6.59. The highest BCUT2D eigenvalue weighted by Crippen LogP contribution is 2.51. The van der Waals surface area contributed by atoms with Crippen molar-refractivity contribution in [2.75, 3.05) is 31.1 Å². The molecule has 0 aromatic heterocycles. The van der Waals surface area contributed by atoms with Crippen molar-refractivity contribution in [3.8, 4) is 0 Å². The van der Waals surface area contributed by atoms with Gasteiger partial charge in [0, 0.05) is 44.0 Å². The maximum absolute atomic E-state index is 14.5. The summed E-state index contributed by atoms with van der Waals surface area (Å²) in [6.45, 7) is 16.0. The molecular formula is C31H45BFN3O5. The molecule has 1 atom stereocenters. The highest BCUT2D eigenvalue weighted by molar-refractivity contribution is 6.62. The number of piperidine rings is 1. The Balaban J connectivity index is 1.28. The number of likely N-dealkylation sites (tertiary alicyclic amines) is 2. The van der Waals surface area contributed by atoms with Crippen LogP contribution in [0.4, 0.5) is 14.9 Å². The smallest absolute Gasteiger partial charge is 0.444 e. The van der Waals surface area contributed by atoms with Crippen LogP contribution in [-0.4, -0.2) is 90.2 Å². The fourth-order valence-corrected chi connectivity index (χ4v) is 7.12. The third-order valence-electron chi connectivity index (χ3n) is 10.4. The fraction of sp³-hybridized carbons (Fsp3) is 0.742. The van der Waals surface area contributed by atoms with Crippen molar-refractivity contribution in [3.05, 3.63) is 23.8 Å². The normalized spacial score (nSPS) is 30.6. The first kappa shape index (κ1) is 28.9. The minimum atomic E-state index is -0.746. The van der Waals surface area contributed by atoms with E-state index in [1.165, 1.54) is 0 Å². The van der Waals surface area contributed by atoms with Gasteiger partial charge in [0.05, 0.1) is 16.6 Å². The Bertz CT molecular complexity index is 1200. The molecule has 1 aromatic rings. The van der Waals surface area contributed by atoms with Crippen LogP contribution in [0.15, 0.2) is 18.2 Å². The topological polar surface area (TPSA) is 71.6 Å². The number of anilines is 1. The Morgan fingerprint density at radius 2 is 1.66 bits per heavy atom. The van der Waals surface area contributed by atoms with E-state index in [9.17, 15) is 14.0 Å². The van der Waals surface area contributed by atoms with Crippen LogP contribution in [0.5, 0.6) is 0 Å². The fourth-order valence-electron chi connectivity index (χ4n) is 7.12. The summed E-state index contributed by atoms with van der Waals surface area (Å²) in [4.78, 5) is 33.3. The van der Waals surface area contributed by atoms with Crippen LogP contribution < -0.4 is 10.4 Å². The monoisotopic (exact) mass is 569 g/mol. The van der Waals surface area contributed by atoms with E-state index in [1.54, 1.807) is 4.90 Å². The zero-order valence-electron chi connectivity index (χ0n) is 25.7. The highest BCUT2D eigenvalue weighted by atomic mass is 19.1. The van der Waals surface area contributed by atoms with Crippen molar-refractivity contribution >= 4 is 30.3 Å². The number of fused-ring (bicyclic) bond motifs is 2. The van der Waals surface area contributed by atoms with Crippen LogP contribution >= 0.6 is 0 Å². The standard InChI is InChI=1S/C31H45BFN3O5/c1-28(2,3)39-27(38)34-14-11-31(12-15-34)24-9-8-20(32-40-29(4,5)30(6,7)41-32)16-25(24)36(26(31)37)23-17-22(18-23)35-13-10-21(33)19-35/h8-9,16,21-23H,10-15,17-19H2,1-7H3/t21-,22?,23?/m1/s1. The first-order chi connectivity index (χ1) is 19.1. The molecule has 6 rings (SSSR count). The second-order valence-corrected chi connectivity index (χ2v) is 14.7.